The molecule has 1 aliphatic rings. The van der Waals surface area contributed by atoms with Crippen LogP contribution >= 0.6 is 11.8 Å². The second-order valence-corrected chi connectivity index (χ2v) is 5.95. The van der Waals surface area contributed by atoms with E-state index < -0.39 is 0 Å². The van der Waals surface area contributed by atoms with Crippen LogP contribution in [0.25, 0.3) is 0 Å². The summed E-state index contributed by atoms with van der Waals surface area (Å²) in [7, 11) is 0. The highest BCUT2D eigenvalue weighted by atomic mass is 32.2. The molecule has 4 heteroatoms. The third-order valence-electron chi connectivity index (χ3n) is 3.31. The molecule has 1 unspecified atom stereocenters. The van der Waals surface area contributed by atoms with Gasteiger partial charge in [0.15, 0.2) is 0 Å². The van der Waals surface area contributed by atoms with Gasteiger partial charge in [0.25, 0.3) is 0 Å². The number of pyridine rings is 1. The second kappa shape index (κ2) is 7.00. The Morgan fingerprint density at radius 3 is 3.22 bits per heavy atom. The molecule has 2 rings (SSSR count). The lowest BCUT2D eigenvalue weighted by molar-refractivity contribution is 0.659. The van der Waals surface area contributed by atoms with Gasteiger partial charge in [-0.25, -0.2) is 0 Å². The minimum absolute atomic E-state index is 0.609. The fourth-order valence-electron chi connectivity index (χ4n) is 2.31. The van der Waals surface area contributed by atoms with Crippen molar-refractivity contribution in [2.24, 2.45) is 0 Å². The zero-order valence-corrected chi connectivity index (χ0v) is 12.2. The van der Waals surface area contributed by atoms with Crippen LogP contribution in [0.2, 0.25) is 0 Å². The van der Waals surface area contributed by atoms with Gasteiger partial charge in [0.2, 0.25) is 0 Å². The molecule has 1 atom stereocenters. The Morgan fingerprint density at radius 1 is 1.56 bits per heavy atom. The smallest absolute Gasteiger partial charge is 0.0601 e. The lowest BCUT2D eigenvalue weighted by atomic mass is 10.1. The van der Waals surface area contributed by atoms with Crippen LogP contribution in [0.15, 0.2) is 18.5 Å². The first kappa shape index (κ1) is 13.7. The second-order valence-electron chi connectivity index (χ2n) is 4.80. The van der Waals surface area contributed by atoms with Gasteiger partial charge in [-0.2, -0.15) is 11.8 Å². The summed E-state index contributed by atoms with van der Waals surface area (Å²) in [5.74, 6) is 2.44. The van der Waals surface area contributed by atoms with Crippen LogP contribution in [0, 0.1) is 0 Å². The van der Waals surface area contributed by atoms with Crippen molar-refractivity contribution in [3.8, 4) is 0 Å². The van der Waals surface area contributed by atoms with E-state index >= 15 is 0 Å². The first-order valence-corrected chi connectivity index (χ1v) is 7.96. The number of nitrogens with zero attached hydrogens (tertiary/aromatic N) is 2. The molecule has 0 aromatic carbocycles. The van der Waals surface area contributed by atoms with Gasteiger partial charge >= 0.3 is 0 Å². The van der Waals surface area contributed by atoms with Crippen LogP contribution in [0.4, 0.5) is 5.69 Å². The van der Waals surface area contributed by atoms with Crippen molar-refractivity contribution >= 4 is 17.4 Å². The van der Waals surface area contributed by atoms with Crippen molar-refractivity contribution in [2.45, 2.75) is 32.9 Å². The van der Waals surface area contributed by atoms with Crippen molar-refractivity contribution in [2.75, 3.05) is 29.5 Å². The fourth-order valence-corrected chi connectivity index (χ4v) is 3.32. The van der Waals surface area contributed by atoms with E-state index in [0.717, 1.165) is 19.6 Å². The summed E-state index contributed by atoms with van der Waals surface area (Å²) < 4.78 is 0. The summed E-state index contributed by atoms with van der Waals surface area (Å²) in [5.41, 5.74) is 2.69. The predicted molar refractivity (Wildman–Crippen MR) is 80.4 cm³/mol. The Hall–Kier alpha value is -0.740. The number of hydrogen-bond donors (Lipinski definition) is 1. The quantitative estimate of drug-likeness (QED) is 0.828. The Kier molecular flexibility index (Phi) is 5.32. The van der Waals surface area contributed by atoms with Gasteiger partial charge < -0.3 is 10.2 Å². The molecule has 0 radical (unpaired) electrons. The molecule has 2 heterocycles. The van der Waals surface area contributed by atoms with Crippen molar-refractivity contribution < 1.29 is 0 Å². The monoisotopic (exact) mass is 265 g/mol. The van der Waals surface area contributed by atoms with Gasteiger partial charge in [0.05, 0.1) is 11.9 Å². The van der Waals surface area contributed by atoms with Crippen LogP contribution in [-0.4, -0.2) is 35.6 Å². The van der Waals surface area contributed by atoms with E-state index in [0.29, 0.717) is 6.04 Å². The molecule has 1 fully saturated rings. The van der Waals surface area contributed by atoms with E-state index in [2.05, 4.69) is 46.9 Å². The molecule has 1 N–H and O–H groups in total. The Labute approximate surface area is 114 Å². The summed E-state index contributed by atoms with van der Waals surface area (Å²) in [5, 5.41) is 3.49. The Morgan fingerprint density at radius 2 is 2.44 bits per heavy atom. The third-order valence-corrected chi connectivity index (χ3v) is 4.50. The number of hydrogen-bond acceptors (Lipinski definition) is 4. The highest BCUT2D eigenvalue weighted by Gasteiger charge is 2.20. The standard InChI is InChI=1S/C14H23N3S/c1-3-5-15-9-13-4-6-16-10-14(13)17-7-8-18-11-12(17)2/h4,6,10,12,15H,3,5,7-9,11H2,1-2H3. The SMILES string of the molecule is CCCNCc1ccncc1N1CCSCC1C. The number of aromatic nitrogens is 1. The molecule has 0 aliphatic carbocycles. The Balaban J connectivity index is 2.10. The minimum Gasteiger partial charge on any atom is -0.366 e. The van der Waals surface area contributed by atoms with E-state index in [1.165, 1.54) is 29.2 Å². The predicted octanol–water partition coefficient (Wildman–Crippen LogP) is 2.52. The molecule has 3 nitrogen and oxygen atoms in total. The van der Waals surface area contributed by atoms with E-state index in [9.17, 15) is 0 Å². The van der Waals surface area contributed by atoms with Gasteiger partial charge in [-0.3, -0.25) is 4.98 Å². The summed E-state index contributed by atoms with van der Waals surface area (Å²) in [6, 6.07) is 2.75. The van der Waals surface area contributed by atoms with Crippen molar-refractivity contribution in [1.82, 2.24) is 10.3 Å². The number of thioether (sulfide) groups is 1. The number of anilines is 1. The largest absolute Gasteiger partial charge is 0.366 e. The molecule has 0 amide bonds. The summed E-state index contributed by atoms with van der Waals surface area (Å²) >= 11 is 2.05. The molecule has 1 saturated heterocycles. The Bertz CT molecular complexity index is 370. The van der Waals surface area contributed by atoms with Crippen LogP contribution in [-0.2, 0) is 6.54 Å². The molecule has 1 aromatic rings. The van der Waals surface area contributed by atoms with Gasteiger partial charge in [-0.1, -0.05) is 6.92 Å². The lowest BCUT2D eigenvalue weighted by Gasteiger charge is -2.36. The van der Waals surface area contributed by atoms with Crippen molar-refractivity contribution in [3.05, 3.63) is 24.0 Å². The van der Waals surface area contributed by atoms with E-state index in [4.69, 9.17) is 0 Å². The summed E-state index contributed by atoms with van der Waals surface area (Å²) in [4.78, 5) is 6.81. The average Bonchev–Trinajstić information content (AvgIpc) is 2.40. The number of rotatable bonds is 5. The van der Waals surface area contributed by atoms with E-state index in [1.807, 2.05) is 12.4 Å². The highest BCUT2D eigenvalue weighted by Crippen LogP contribution is 2.26. The summed E-state index contributed by atoms with van der Waals surface area (Å²) in [6.45, 7) is 7.67. The normalized spacial score (nSPS) is 20.1. The van der Waals surface area contributed by atoms with Crippen molar-refractivity contribution in [3.63, 3.8) is 0 Å². The van der Waals surface area contributed by atoms with Crippen LogP contribution in [0.5, 0.6) is 0 Å². The molecule has 0 saturated carbocycles. The molecule has 1 aliphatic heterocycles. The first-order chi connectivity index (χ1) is 8.83. The maximum Gasteiger partial charge on any atom is 0.0601 e. The zero-order valence-electron chi connectivity index (χ0n) is 11.4. The molecule has 18 heavy (non-hydrogen) atoms. The third kappa shape index (κ3) is 3.39. The first-order valence-electron chi connectivity index (χ1n) is 6.81. The van der Waals surface area contributed by atoms with Gasteiger partial charge in [0, 0.05) is 36.8 Å². The topological polar surface area (TPSA) is 28.2 Å². The molecule has 0 bridgehead atoms. The van der Waals surface area contributed by atoms with Gasteiger partial charge in [-0.15, -0.1) is 0 Å². The summed E-state index contributed by atoms with van der Waals surface area (Å²) in [6.07, 6.45) is 5.10. The van der Waals surface area contributed by atoms with Gasteiger partial charge in [-0.05, 0) is 31.5 Å². The maximum absolute atomic E-state index is 4.31. The molecule has 0 spiro atoms. The van der Waals surface area contributed by atoms with E-state index in [1.54, 1.807) is 0 Å². The number of nitrogens with one attached hydrogen (secondary N) is 1. The molecule has 100 valence electrons. The molecular formula is C14H23N3S. The van der Waals surface area contributed by atoms with Crippen LogP contribution in [0.1, 0.15) is 25.8 Å². The van der Waals surface area contributed by atoms with E-state index in [-0.39, 0.29) is 0 Å². The van der Waals surface area contributed by atoms with Gasteiger partial charge in [0.1, 0.15) is 0 Å². The lowest BCUT2D eigenvalue weighted by Crippen LogP contribution is -2.41. The fraction of sp³-hybridized carbons (Fsp3) is 0.643. The molecule has 1 aromatic heterocycles. The highest BCUT2D eigenvalue weighted by molar-refractivity contribution is 7.99. The van der Waals surface area contributed by atoms with Crippen molar-refractivity contribution in [1.29, 1.82) is 0 Å². The maximum atomic E-state index is 4.31. The average molecular weight is 265 g/mol. The molecular weight excluding hydrogens is 242 g/mol. The van der Waals surface area contributed by atoms with Crippen LogP contribution in [0.3, 0.4) is 0 Å². The zero-order chi connectivity index (χ0) is 12.8. The van der Waals surface area contributed by atoms with Crippen LogP contribution < -0.4 is 10.2 Å². The minimum atomic E-state index is 0.609.